The van der Waals surface area contributed by atoms with Crippen molar-refractivity contribution in [1.82, 2.24) is 0 Å². The smallest absolute Gasteiger partial charge is 0.305 e. The molecule has 0 radical (unpaired) electrons. The fourth-order valence-corrected chi connectivity index (χ4v) is 9.10. The van der Waals surface area contributed by atoms with Crippen molar-refractivity contribution < 1.29 is 19.7 Å². The van der Waals surface area contributed by atoms with Crippen molar-refractivity contribution in [2.45, 2.75) is 97.7 Å². The van der Waals surface area contributed by atoms with Crippen molar-refractivity contribution in [3.63, 3.8) is 0 Å². The summed E-state index contributed by atoms with van der Waals surface area (Å²) in [5.41, 5.74) is 1.64. The number of allylic oxidation sites excluding steroid dienone is 1. The number of aliphatic hydroxyl groups excluding tert-OH is 2. The molecule has 4 heteroatoms. The number of esters is 1. The van der Waals surface area contributed by atoms with Crippen molar-refractivity contribution in [3.8, 4) is 0 Å². The van der Waals surface area contributed by atoms with Crippen LogP contribution in [0.2, 0.25) is 0 Å². The third kappa shape index (κ3) is 3.60. The SMILES string of the molecule is CC=C1[C@@H](O)[C@H]2C3CC[C@H]([C@H](C)CCC(=O)OC)[C@@]3(C)CCC2[C@@]2(C)CC[C@@H](O)C[C@@H]12. The minimum Gasteiger partial charge on any atom is -0.469 e. The Morgan fingerprint density at radius 1 is 1.13 bits per heavy atom. The summed E-state index contributed by atoms with van der Waals surface area (Å²) in [6, 6.07) is 0. The van der Waals surface area contributed by atoms with Crippen LogP contribution in [-0.2, 0) is 9.53 Å². The average Bonchev–Trinajstić information content (AvgIpc) is 3.10. The number of rotatable bonds is 4. The van der Waals surface area contributed by atoms with Crippen LogP contribution >= 0.6 is 0 Å². The number of fused-ring (bicyclic) bond motifs is 5. The molecule has 2 unspecified atom stereocenters. The van der Waals surface area contributed by atoms with Gasteiger partial charge in [-0.3, -0.25) is 4.79 Å². The van der Waals surface area contributed by atoms with E-state index < -0.39 is 0 Å². The molecule has 0 aromatic heterocycles. The highest BCUT2D eigenvalue weighted by Crippen LogP contribution is 2.69. The summed E-state index contributed by atoms with van der Waals surface area (Å²) in [7, 11) is 1.47. The number of carbonyl (C=O) groups excluding carboxylic acids is 1. The fraction of sp³-hybridized carbons (Fsp3) is 0.889. The second kappa shape index (κ2) is 8.48. The number of aliphatic hydroxyl groups is 2. The molecule has 0 aliphatic heterocycles. The van der Waals surface area contributed by atoms with E-state index >= 15 is 0 Å². The lowest BCUT2D eigenvalue weighted by atomic mass is 9.42. The van der Waals surface area contributed by atoms with Gasteiger partial charge in [-0.2, -0.15) is 0 Å². The fourth-order valence-electron chi connectivity index (χ4n) is 9.10. The summed E-state index contributed by atoms with van der Waals surface area (Å²) in [5, 5.41) is 22.1. The lowest BCUT2D eigenvalue weighted by molar-refractivity contribution is -0.148. The maximum Gasteiger partial charge on any atom is 0.305 e. The van der Waals surface area contributed by atoms with Crippen molar-refractivity contribution >= 4 is 5.97 Å². The Bertz CT molecular complexity index is 716. The molecule has 4 fully saturated rings. The van der Waals surface area contributed by atoms with Gasteiger partial charge in [-0.05, 0) is 110 Å². The summed E-state index contributed by atoms with van der Waals surface area (Å²) in [4.78, 5) is 11.7. The van der Waals surface area contributed by atoms with Gasteiger partial charge in [0.2, 0.25) is 0 Å². The Morgan fingerprint density at radius 3 is 2.48 bits per heavy atom. The maximum atomic E-state index is 11.7. The van der Waals surface area contributed by atoms with Gasteiger partial charge < -0.3 is 14.9 Å². The van der Waals surface area contributed by atoms with E-state index in [0.717, 1.165) is 25.7 Å². The normalized spacial score (nSPS) is 49.1. The number of ether oxygens (including phenoxy) is 1. The highest BCUT2D eigenvalue weighted by molar-refractivity contribution is 5.69. The molecular formula is C27H44O4. The molecule has 0 spiro atoms. The van der Waals surface area contributed by atoms with Gasteiger partial charge in [0.1, 0.15) is 0 Å². The molecule has 0 amide bonds. The topological polar surface area (TPSA) is 66.8 Å². The molecule has 0 saturated heterocycles. The predicted octanol–water partition coefficient (Wildman–Crippen LogP) is 5.12. The first-order chi connectivity index (χ1) is 14.7. The summed E-state index contributed by atoms with van der Waals surface area (Å²) in [5.74, 6) is 2.76. The van der Waals surface area contributed by atoms with E-state index in [2.05, 4.69) is 33.8 Å². The van der Waals surface area contributed by atoms with Crippen LogP contribution in [0.1, 0.15) is 85.5 Å². The first kappa shape index (κ1) is 23.3. The first-order valence-electron chi connectivity index (χ1n) is 12.8. The van der Waals surface area contributed by atoms with Crippen LogP contribution < -0.4 is 0 Å². The zero-order chi connectivity index (χ0) is 22.6. The minimum atomic E-state index is -0.368. The van der Waals surface area contributed by atoms with E-state index in [0.29, 0.717) is 41.9 Å². The van der Waals surface area contributed by atoms with Gasteiger partial charge >= 0.3 is 5.97 Å². The highest BCUT2D eigenvalue weighted by Gasteiger charge is 2.63. The lowest BCUT2D eigenvalue weighted by Gasteiger charge is -2.63. The van der Waals surface area contributed by atoms with Crippen LogP contribution in [0.5, 0.6) is 0 Å². The van der Waals surface area contributed by atoms with Gasteiger partial charge in [0.15, 0.2) is 0 Å². The molecule has 176 valence electrons. The van der Waals surface area contributed by atoms with Crippen LogP contribution in [0.15, 0.2) is 11.6 Å². The quantitative estimate of drug-likeness (QED) is 0.478. The molecule has 4 aliphatic rings. The van der Waals surface area contributed by atoms with Crippen LogP contribution in [0.4, 0.5) is 0 Å². The second-order valence-corrected chi connectivity index (χ2v) is 11.8. The number of hydrogen-bond donors (Lipinski definition) is 2. The summed E-state index contributed by atoms with van der Waals surface area (Å²) >= 11 is 0. The molecule has 2 N–H and O–H groups in total. The van der Waals surface area contributed by atoms with Gasteiger partial charge in [-0.15, -0.1) is 0 Å². The van der Waals surface area contributed by atoms with E-state index in [4.69, 9.17) is 4.74 Å². The van der Waals surface area contributed by atoms with Gasteiger partial charge in [0.25, 0.3) is 0 Å². The van der Waals surface area contributed by atoms with Crippen LogP contribution in [0.25, 0.3) is 0 Å². The van der Waals surface area contributed by atoms with Crippen molar-refractivity contribution in [2.75, 3.05) is 7.11 Å². The third-order valence-corrected chi connectivity index (χ3v) is 10.7. The lowest BCUT2D eigenvalue weighted by Crippen LogP contribution is -2.59. The van der Waals surface area contributed by atoms with E-state index in [9.17, 15) is 15.0 Å². The van der Waals surface area contributed by atoms with Crippen molar-refractivity contribution in [2.24, 2.45) is 46.3 Å². The zero-order valence-electron chi connectivity index (χ0n) is 20.3. The van der Waals surface area contributed by atoms with Crippen LogP contribution in [0.3, 0.4) is 0 Å². The molecule has 4 aliphatic carbocycles. The number of hydrogen-bond acceptors (Lipinski definition) is 4. The van der Waals surface area contributed by atoms with Gasteiger partial charge in [0, 0.05) is 6.42 Å². The largest absolute Gasteiger partial charge is 0.469 e. The van der Waals surface area contributed by atoms with Crippen molar-refractivity contribution in [3.05, 3.63) is 11.6 Å². The molecule has 4 rings (SSSR count). The number of methoxy groups -OCH3 is 1. The molecule has 0 bridgehead atoms. The Labute approximate surface area is 188 Å². The molecule has 0 aromatic carbocycles. The molecular weight excluding hydrogens is 388 g/mol. The average molecular weight is 433 g/mol. The summed E-state index contributed by atoms with van der Waals surface area (Å²) in [6.45, 7) is 9.35. The van der Waals surface area contributed by atoms with E-state index in [1.807, 2.05) is 0 Å². The molecule has 0 heterocycles. The Morgan fingerprint density at radius 2 is 1.81 bits per heavy atom. The van der Waals surface area contributed by atoms with Gasteiger partial charge in [0.05, 0.1) is 19.3 Å². The molecule has 4 saturated carbocycles. The monoisotopic (exact) mass is 432 g/mol. The predicted molar refractivity (Wildman–Crippen MR) is 122 cm³/mol. The minimum absolute atomic E-state index is 0.103. The zero-order valence-corrected chi connectivity index (χ0v) is 20.3. The standard InChI is InChI=1S/C27H44O4/c1-6-18-22-15-17(28)11-13-27(22,4)21-12-14-26(3)19(16(2)7-10-23(29)31-5)8-9-20(26)24(21)25(18)30/h6,16-17,19-22,24-25,28,30H,7-15H2,1-5H3/t16-,17-,19-,20?,21?,22+,24+,25-,26-,27-/m1/s1. The summed E-state index contributed by atoms with van der Waals surface area (Å²) < 4.78 is 4.88. The molecule has 0 aromatic rings. The second-order valence-electron chi connectivity index (χ2n) is 11.8. The Balaban J connectivity index is 1.60. The van der Waals surface area contributed by atoms with Gasteiger partial charge in [-0.25, -0.2) is 0 Å². The summed E-state index contributed by atoms with van der Waals surface area (Å²) in [6.07, 6.45) is 10.6. The molecule has 10 atom stereocenters. The third-order valence-electron chi connectivity index (χ3n) is 10.7. The van der Waals surface area contributed by atoms with Gasteiger partial charge in [-0.1, -0.05) is 26.8 Å². The molecule has 4 nitrogen and oxygen atoms in total. The van der Waals surface area contributed by atoms with Crippen molar-refractivity contribution in [1.29, 1.82) is 0 Å². The van der Waals surface area contributed by atoms with E-state index in [1.165, 1.54) is 38.4 Å². The number of carbonyl (C=O) groups is 1. The van der Waals surface area contributed by atoms with Crippen LogP contribution in [-0.4, -0.2) is 35.5 Å². The Kier molecular flexibility index (Phi) is 6.37. The highest BCUT2D eigenvalue weighted by atomic mass is 16.5. The van der Waals surface area contributed by atoms with E-state index in [-0.39, 0.29) is 29.0 Å². The maximum absolute atomic E-state index is 11.7. The first-order valence-corrected chi connectivity index (χ1v) is 12.8. The molecule has 31 heavy (non-hydrogen) atoms. The van der Waals surface area contributed by atoms with Crippen LogP contribution in [0, 0.1) is 46.3 Å². The Hall–Kier alpha value is -0.870. The van der Waals surface area contributed by atoms with E-state index in [1.54, 1.807) is 0 Å².